The summed E-state index contributed by atoms with van der Waals surface area (Å²) in [5, 5.41) is 10.1. The van der Waals surface area contributed by atoms with Crippen molar-refractivity contribution in [2.75, 3.05) is 6.61 Å². The van der Waals surface area contributed by atoms with Crippen molar-refractivity contribution in [1.82, 2.24) is 4.57 Å². The molecule has 1 aliphatic rings. The number of benzene rings is 1. The molecule has 0 bridgehead atoms. The lowest BCUT2D eigenvalue weighted by molar-refractivity contribution is -0.160. The largest absolute Gasteiger partial charge is 0.493 e. The molecular weight excluding hydrogens is 410 g/mol. The summed E-state index contributed by atoms with van der Waals surface area (Å²) in [6.45, 7) is 8.39. The summed E-state index contributed by atoms with van der Waals surface area (Å²) in [6.07, 6.45) is 2.91. The second-order valence-corrected chi connectivity index (χ2v) is 10.2. The summed E-state index contributed by atoms with van der Waals surface area (Å²) in [4.78, 5) is 14.4. The predicted molar refractivity (Wildman–Crippen MR) is 124 cm³/mol. The highest BCUT2D eigenvalue weighted by Crippen LogP contribution is 2.48. The minimum absolute atomic E-state index is 0.594. The van der Waals surface area contributed by atoms with Gasteiger partial charge in [0.15, 0.2) is 6.10 Å². The van der Waals surface area contributed by atoms with Crippen LogP contribution in [0.5, 0.6) is 5.75 Å². The van der Waals surface area contributed by atoms with Crippen LogP contribution in [0.1, 0.15) is 49.3 Å². The summed E-state index contributed by atoms with van der Waals surface area (Å²) in [6, 6.07) is 10.3. The molecule has 5 nitrogen and oxygen atoms in total. The first kappa shape index (κ1) is 21.7. The minimum Gasteiger partial charge on any atom is -0.493 e. The quantitative estimate of drug-likeness (QED) is 0.530. The van der Waals surface area contributed by atoms with Crippen LogP contribution in [0, 0.1) is 6.92 Å². The Morgan fingerprint density at radius 2 is 2.06 bits per heavy atom. The van der Waals surface area contributed by atoms with Crippen molar-refractivity contribution >= 4 is 17.3 Å². The third-order valence-corrected chi connectivity index (χ3v) is 6.61. The van der Waals surface area contributed by atoms with E-state index >= 15 is 0 Å². The van der Waals surface area contributed by atoms with E-state index in [9.17, 15) is 9.90 Å². The molecule has 1 aliphatic heterocycles. The Morgan fingerprint density at radius 1 is 1.29 bits per heavy atom. The molecule has 6 heteroatoms. The number of rotatable bonds is 5. The smallest absolute Gasteiger partial charge is 0.337 e. The number of hydrogen-bond acceptors (Lipinski definition) is 4. The SMILES string of the molecule is Cc1sc(-c2cccn2C)c(-c2ccc3c(c2)CCCO3)c1C(OC(C)(C)C)C(=O)O. The van der Waals surface area contributed by atoms with Gasteiger partial charge in [0.05, 0.1) is 22.8 Å². The average molecular weight is 440 g/mol. The fourth-order valence-electron chi connectivity index (χ4n) is 4.14. The summed E-state index contributed by atoms with van der Waals surface area (Å²) in [7, 11) is 2.01. The number of hydrogen-bond donors (Lipinski definition) is 1. The van der Waals surface area contributed by atoms with Crippen LogP contribution in [-0.4, -0.2) is 27.9 Å². The molecule has 0 aliphatic carbocycles. The number of carbonyl (C=O) groups is 1. The zero-order valence-corrected chi connectivity index (χ0v) is 19.5. The summed E-state index contributed by atoms with van der Waals surface area (Å²) < 4.78 is 13.9. The van der Waals surface area contributed by atoms with Crippen molar-refractivity contribution in [3.63, 3.8) is 0 Å². The summed E-state index contributed by atoms with van der Waals surface area (Å²) >= 11 is 1.62. The molecule has 31 heavy (non-hydrogen) atoms. The number of fused-ring (bicyclic) bond motifs is 1. The lowest BCUT2D eigenvalue weighted by atomic mass is 9.92. The highest BCUT2D eigenvalue weighted by Gasteiger charge is 2.34. The van der Waals surface area contributed by atoms with E-state index in [2.05, 4.69) is 16.7 Å². The van der Waals surface area contributed by atoms with Crippen LogP contribution in [0.3, 0.4) is 0 Å². The Bertz CT molecular complexity index is 1120. The van der Waals surface area contributed by atoms with Gasteiger partial charge in [-0.2, -0.15) is 0 Å². The maximum absolute atomic E-state index is 12.4. The third-order valence-electron chi connectivity index (χ3n) is 5.46. The monoisotopic (exact) mass is 439 g/mol. The van der Waals surface area contributed by atoms with Gasteiger partial charge in [-0.1, -0.05) is 6.07 Å². The van der Waals surface area contributed by atoms with Crippen molar-refractivity contribution in [3.05, 3.63) is 52.5 Å². The van der Waals surface area contributed by atoms with Gasteiger partial charge in [0.2, 0.25) is 0 Å². The Morgan fingerprint density at radius 3 is 2.71 bits per heavy atom. The molecule has 0 saturated heterocycles. The van der Waals surface area contributed by atoms with Crippen molar-refractivity contribution in [3.8, 4) is 27.4 Å². The van der Waals surface area contributed by atoms with E-state index < -0.39 is 17.7 Å². The Hall–Kier alpha value is -2.57. The van der Waals surface area contributed by atoms with E-state index in [-0.39, 0.29) is 0 Å². The van der Waals surface area contributed by atoms with Crippen LogP contribution in [0.25, 0.3) is 21.7 Å². The van der Waals surface area contributed by atoms with Crippen molar-refractivity contribution in [2.24, 2.45) is 7.05 Å². The molecule has 0 radical (unpaired) electrons. The number of aliphatic carboxylic acids is 1. The van der Waals surface area contributed by atoms with E-state index in [1.807, 2.05) is 59.1 Å². The number of aromatic nitrogens is 1. The van der Waals surface area contributed by atoms with Gasteiger partial charge >= 0.3 is 5.97 Å². The first-order valence-corrected chi connectivity index (χ1v) is 11.4. The van der Waals surface area contributed by atoms with Gasteiger partial charge in [0.25, 0.3) is 0 Å². The summed E-state index contributed by atoms with van der Waals surface area (Å²) in [5.74, 6) is -0.0542. The van der Waals surface area contributed by atoms with Gasteiger partial charge in [-0.3, -0.25) is 0 Å². The van der Waals surface area contributed by atoms with Crippen LogP contribution < -0.4 is 4.74 Å². The molecule has 4 rings (SSSR count). The molecular formula is C25H29NO4S. The van der Waals surface area contributed by atoms with Crippen LogP contribution in [0.4, 0.5) is 0 Å². The van der Waals surface area contributed by atoms with Gasteiger partial charge in [-0.25, -0.2) is 4.79 Å². The second-order valence-electron chi connectivity index (χ2n) is 9.00. The van der Waals surface area contributed by atoms with Gasteiger partial charge < -0.3 is 19.1 Å². The van der Waals surface area contributed by atoms with E-state index in [1.165, 1.54) is 5.56 Å². The van der Waals surface area contributed by atoms with Gasteiger partial charge in [-0.15, -0.1) is 11.3 Å². The highest BCUT2D eigenvalue weighted by atomic mass is 32.1. The molecule has 3 aromatic rings. The molecule has 0 spiro atoms. The predicted octanol–water partition coefficient (Wildman–Crippen LogP) is 5.99. The van der Waals surface area contributed by atoms with Crippen LogP contribution >= 0.6 is 11.3 Å². The lowest BCUT2D eigenvalue weighted by Crippen LogP contribution is -2.27. The molecule has 0 saturated carbocycles. The zero-order chi connectivity index (χ0) is 22.3. The number of carboxylic acids is 1. The topological polar surface area (TPSA) is 60.7 Å². The molecule has 1 unspecified atom stereocenters. The van der Waals surface area contributed by atoms with E-state index in [4.69, 9.17) is 9.47 Å². The molecule has 0 amide bonds. The van der Waals surface area contributed by atoms with Gasteiger partial charge in [-0.05, 0) is 75.9 Å². The van der Waals surface area contributed by atoms with Crippen molar-refractivity contribution in [2.45, 2.75) is 52.2 Å². The Balaban J connectivity index is 1.97. The van der Waals surface area contributed by atoms with Gasteiger partial charge in [0.1, 0.15) is 5.75 Å². The fourth-order valence-corrected chi connectivity index (χ4v) is 5.41. The van der Waals surface area contributed by atoms with E-state index in [1.54, 1.807) is 11.3 Å². The highest BCUT2D eigenvalue weighted by molar-refractivity contribution is 7.16. The normalized spacial score (nSPS) is 14.7. The molecule has 0 fully saturated rings. The zero-order valence-electron chi connectivity index (χ0n) is 18.7. The van der Waals surface area contributed by atoms with Crippen molar-refractivity contribution < 1.29 is 19.4 Å². The van der Waals surface area contributed by atoms with E-state index in [0.717, 1.165) is 57.3 Å². The van der Waals surface area contributed by atoms with E-state index in [0.29, 0.717) is 0 Å². The third kappa shape index (κ3) is 4.27. The van der Waals surface area contributed by atoms with Crippen LogP contribution in [-0.2, 0) is 23.0 Å². The Kier molecular flexibility index (Phi) is 5.71. The molecule has 1 aromatic carbocycles. The molecule has 1 N–H and O–H groups in total. The molecule has 3 heterocycles. The van der Waals surface area contributed by atoms with Crippen LogP contribution in [0.15, 0.2) is 36.5 Å². The first-order chi connectivity index (χ1) is 14.7. The number of carboxylic acid groups (broad SMARTS) is 1. The summed E-state index contributed by atoms with van der Waals surface area (Å²) in [5.41, 5.74) is 4.31. The maximum Gasteiger partial charge on any atom is 0.337 e. The van der Waals surface area contributed by atoms with Crippen molar-refractivity contribution in [1.29, 1.82) is 0 Å². The number of thiophene rings is 1. The number of aryl methyl sites for hydroxylation is 3. The average Bonchev–Trinajstić information content (AvgIpc) is 3.27. The first-order valence-electron chi connectivity index (χ1n) is 10.6. The standard InChI is InChI=1S/C25H29NO4S/c1-15-20(22(24(27)28)30-25(2,3)4)21(23(31-15)18-9-6-12-26(18)5)17-10-11-19-16(14-17)8-7-13-29-19/h6,9-12,14,22H,7-8,13H2,1-5H3,(H,27,28). The minimum atomic E-state index is -1.05. The maximum atomic E-state index is 12.4. The molecule has 2 aromatic heterocycles. The fraction of sp³-hybridized carbons (Fsp3) is 0.400. The van der Waals surface area contributed by atoms with Crippen LogP contribution in [0.2, 0.25) is 0 Å². The number of ether oxygens (including phenoxy) is 2. The lowest BCUT2D eigenvalue weighted by Gasteiger charge is -2.26. The Labute approximate surface area is 187 Å². The molecule has 1 atom stereocenters. The number of nitrogens with zero attached hydrogens (tertiary/aromatic N) is 1. The second kappa shape index (κ2) is 8.17. The van der Waals surface area contributed by atoms with Gasteiger partial charge in [0, 0.05) is 29.2 Å². The molecule has 164 valence electrons.